The van der Waals surface area contributed by atoms with Gasteiger partial charge in [0.25, 0.3) is 0 Å². The number of amides is 1. The predicted molar refractivity (Wildman–Crippen MR) is 66.2 cm³/mol. The molecule has 0 aromatic carbocycles. The molecule has 1 amide bonds. The highest BCUT2D eigenvalue weighted by molar-refractivity contribution is 7.11. The maximum absolute atomic E-state index is 10.5. The number of nitrogens with zero attached hydrogens (tertiary/aromatic N) is 1. The maximum atomic E-state index is 10.5. The third-order valence-corrected chi connectivity index (χ3v) is 3.37. The number of thiazole rings is 1. The molecule has 90 valence electrons. The molecule has 0 unspecified atom stereocenters. The van der Waals surface area contributed by atoms with Gasteiger partial charge in [0, 0.05) is 24.0 Å². The van der Waals surface area contributed by atoms with Crippen LogP contribution >= 0.6 is 11.3 Å². The van der Waals surface area contributed by atoms with Crippen molar-refractivity contribution in [3.05, 3.63) is 16.1 Å². The lowest BCUT2D eigenvalue weighted by Gasteiger charge is -2.01. The number of hydrogen-bond donors (Lipinski definition) is 2. The zero-order chi connectivity index (χ0) is 11.8. The number of aryl methyl sites for hydroxylation is 1. The lowest BCUT2D eigenvalue weighted by atomic mass is 10.2. The smallest absolute Gasteiger partial charge is 0.217 e. The van der Waals surface area contributed by atoms with Gasteiger partial charge < -0.3 is 11.1 Å². The Kier molecular flexibility index (Phi) is 6.03. The fourth-order valence-electron chi connectivity index (χ4n) is 1.35. The largest absolute Gasteiger partial charge is 0.370 e. The van der Waals surface area contributed by atoms with E-state index in [1.807, 2.05) is 6.20 Å². The van der Waals surface area contributed by atoms with Crippen LogP contribution < -0.4 is 11.1 Å². The molecule has 0 saturated carbocycles. The Bertz CT molecular complexity index is 325. The van der Waals surface area contributed by atoms with Crippen molar-refractivity contribution in [3.63, 3.8) is 0 Å². The van der Waals surface area contributed by atoms with Gasteiger partial charge in [-0.3, -0.25) is 4.79 Å². The minimum absolute atomic E-state index is 0.213. The van der Waals surface area contributed by atoms with Gasteiger partial charge in [0.15, 0.2) is 0 Å². The molecule has 0 bridgehead atoms. The fraction of sp³-hybridized carbons (Fsp3) is 0.636. The number of primary amides is 1. The molecular formula is C11H19N3OS. The topological polar surface area (TPSA) is 68.0 Å². The van der Waals surface area contributed by atoms with Crippen LogP contribution in [0.2, 0.25) is 0 Å². The Morgan fingerprint density at radius 2 is 2.38 bits per heavy atom. The molecule has 5 heteroatoms. The van der Waals surface area contributed by atoms with Crippen molar-refractivity contribution >= 4 is 17.2 Å². The summed E-state index contributed by atoms with van der Waals surface area (Å²) < 4.78 is 0. The summed E-state index contributed by atoms with van der Waals surface area (Å²) >= 11 is 1.75. The van der Waals surface area contributed by atoms with Gasteiger partial charge in [0.1, 0.15) is 0 Å². The van der Waals surface area contributed by atoms with Gasteiger partial charge in [-0.05, 0) is 25.8 Å². The van der Waals surface area contributed by atoms with Gasteiger partial charge in [-0.25, -0.2) is 4.98 Å². The molecule has 4 nitrogen and oxygen atoms in total. The van der Waals surface area contributed by atoms with Crippen LogP contribution in [0.25, 0.3) is 0 Å². The SMILES string of the molecule is CCc1ncc(CNCCCCC(N)=O)s1. The molecule has 0 spiro atoms. The van der Waals surface area contributed by atoms with Crippen LogP contribution in [0.5, 0.6) is 0 Å². The van der Waals surface area contributed by atoms with Crippen molar-refractivity contribution in [2.75, 3.05) is 6.54 Å². The Morgan fingerprint density at radius 1 is 1.56 bits per heavy atom. The van der Waals surface area contributed by atoms with Crippen molar-refractivity contribution in [1.29, 1.82) is 0 Å². The summed E-state index contributed by atoms with van der Waals surface area (Å²) in [5, 5.41) is 4.52. The number of unbranched alkanes of at least 4 members (excludes halogenated alkanes) is 1. The molecule has 0 fully saturated rings. The van der Waals surface area contributed by atoms with E-state index in [2.05, 4.69) is 17.2 Å². The van der Waals surface area contributed by atoms with E-state index in [1.165, 1.54) is 9.88 Å². The van der Waals surface area contributed by atoms with E-state index in [9.17, 15) is 4.79 Å². The summed E-state index contributed by atoms with van der Waals surface area (Å²) in [7, 11) is 0. The maximum Gasteiger partial charge on any atom is 0.217 e. The zero-order valence-corrected chi connectivity index (χ0v) is 10.5. The van der Waals surface area contributed by atoms with Crippen LogP contribution in [0.3, 0.4) is 0 Å². The summed E-state index contributed by atoms with van der Waals surface area (Å²) in [4.78, 5) is 16.0. The van der Waals surface area contributed by atoms with Gasteiger partial charge in [-0.15, -0.1) is 11.3 Å². The second-order valence-electron chi connectivity index (χ2n) is 3.67. The molecule has 0 aliphatic heterocycles. The van der Waals surface area contributed by atoms with E-state index in [4.69, 9.17) is 5.73 Å². The number of nitrogens with one attached hydrogen (secondary N) is 1. The first-order chi connectivity index (χ1) is 7.72. The minimum Gasteiger partial charge on any atom is -0.370 e. The van der Waals surface area contributed by atoms with Gasteiger partial charge in [0.2, 0.25) is 5.91 Å². The predicted octanol–water partition coefficient (Wildman–Crippen LogP) is 1.45. The monoisotopic (exact) mass is 241 g/mol. The molecular weight excluding hydrogens is 222 g/mol. The van der Waals surface area contributed by atoms with E-state index in [0.717, 1.165) is 32.4 Å². The normalized spacial score (nSPS) is 10.6. The summed E-state index contributed by atoms with van der Waals surface area (Å²) in [6.07, 6.45) is 5.28. The molecule has 3 N–H and O–H groups in total. The molecule has 1 aromatic rings. The first-order valence-electron chi connectivity index (χ1n) is 5.65. The van der Waals surface area contributed by atoms with Gasteiger partial charge in [-0.2, -0.15) is 0 Å². The summed E-state index contributed by atoms with van der Waals surface area (Å²) in [6, 6.07) is 0. The number of nitrogens with two attached hydrogens (primary N) is 1. The number of carbonyl (C=O) groups is 1. The van der Waals surface area contributed by atoms with E-state index < -0.39 is 0 Å². The van der Waals surface area contributed by atoms with E-state index in [-0.39, 0.29) is 5.91 Å². The molecule has 1 rings (SSSR count). The average Bonchev–Trinajstić information content (AvgIpc) is 2.70. The summed E-state index contributed by atoms with van der Waals surface area (Å²) in [5.74, 6) is -0.213. The van der Waals surface area contributed by atoms with Crippen LogP contribution in [0.15, 0.2) is 6.20 Å². The van der Waals surface area contributed by atoms with Crippen molar-refractivity contribution < 1.29 is 4.79 Å². The van der Waals surface area contributed by atoms with Crippen molar-refractivity contribution in [2.45, 2.75) is 39.2 Å². The molecule has 16 heavy (non-hydrogen) atoms. The summed E-state index contributed by atoms with van der Waals surface area (Å²) in [6.45, 7) is 3.90. The second-order valence-corrected chi connectivity index (χ2v) is 4.87. The number of hydrogen-bond acceptors (Lipinski definition) is 4. The van der Waals surface area contributed by atoms with Crippen LogP contribution in [-0.2, 0) is 17.8 Å². The number of aromatic nitrogens is 1. The lowest BCUT2D eigenvalue weighted by Crippen LogP contribution is -2.15. The van der Waals surface area contributed by atoms with Crippen LogP contribution in [-0.4, -0.2) is 17.4 Å². The van der Waals surface area contributed by atoms with Crippen LogP contribution in [0.1, 0.15) is 36.1 Å². The molecule has 0 saturated heterocycles. The Labute approximate surface area is 100 Å². The molecule has 1 aromatic heterocycles. The van der Waals surface area contributed by atoms with Gasteiger partial charge in [0.05, 0.1) is 5.01 Å². The third-order valence-electron chi connectivity index (χ3n) is 2.23. The van der Waals surface area contributed by atoms with Crippen LogP contribution in [0, 0.1) is 0 Å². The Morgan fingerprint density at radius 3 is 3.00 bits per heavy atom. The van der Waals surface area contributed by atoms with Gasteiger partial charge >= 0.3 is 0 Å². The second kappa shape index (κ2) is 7.35. The van der Waals surface area contributed by atoms with Crippen LogP contribution in [0.4, 0.5) is 0 Å². The molecule has 0 atom stereocenters. The summed E-state index contributed by atoms with van der Waals surface area (Å²) in [5.41, 5.74) is 5.05. The van der Waals surface area contributed by atoms with Crippen molar-refractivity contribution in [1.82, 2.24) is 10.3 Å². The quantitative estimate of drug-likeness (QED) is 0.677. The Hall–Kier alpha value is -0.940. The fourth-order valence-corrected chi connectivity index (χ4v) is 2.19. The van der Waals surface area contributed by atoms with Crippen molar-refractivity contribution in [2.24, 2.45) is 5.73 Å². The minimum atomic E-state index is -0.213. The van der Waals surface area contributed by atoms with E-state index >= 15 is 0 Å². The highest BCUT2D eigenvalue weighted by Crippen LogP contribution is 2.12. The number of carbonyl (C=O) groups excluding carboxylic acids is 1. The average molecular weight is 241 g/mol. The van der Waals surface area contributed by atoms with E-state index in [1.54, 1.807) is 11.3 Å². The Balaban J connectivity index is 2.04. The molecule has 0 aliphatic rings. The van der Waals surface area contributed by atoms with Gasteiger partial charge in [-0.1, -0.05) is 6.92 Å². The first kappa shape index (κ1) is 13.1. The molecule has 0 aliphatic carbocycles. The van der Waals surface area contributed by atoms with E-state index in [0.29, 0.717) is 6.42 Å². The first-order valence-corrected chi connectivity index (χ1v) is 6.46. The zero-order valence-electron chi connectivity index (χ0n) is 9.66. The number of rotatable bonds is 8. The standard InChI is InChI=1S/C11H19N3OS/c1-2-11-14-8-9(16-11)7-13-6-4-3-5-10(12)15/h8,13H,2-7H2,1H3,(H2,12,15). The third kappa shape index (κ3) is 5.23. The molecule has 0 radical (unpaired) electrons. The highest BCUT2D eigenvalue weighted by Gasteiger charge is 1.99. The van der Waals surface area contributed by atoms with Crippen molar-refractivity contribution in [3.8, 4) is 0 Å². The lowest BCUT2D eigenvalue weighted by molar-refractivity contribution is -0.118. The highest BCUT2D eigenvalue weighted by atomic mass is 32.1. The molecule has 1 heterocycles.